The lowest BCUT2D eigenvalue weighted by atomic mass is 9.79. The molecule has 81 heavy (non-hydrogen) atoms. The molecule has 1 aliphatic carbocycles. The molecular weight excluding hydrogens is 1030 g/mol. The number of anilines is 2. The van der Waals surface area contributed by atoms with Crippen molar-refractivity contribution in [3.63, 3.8) is 0 Å². The zero-order valence-electron chi connectivity index (χ0n) is 47.2. The van der Waals surface area contributed by atoms with E-state index in [-0.39, 0.29) is 35.4 Å². The molecule has 0 spiro atoms. The van der Waals surface area contributed by atoms with Crippen LogP contribution in [0.2, 0.25) is 0 Å². The maximum atomic E-state index is 16.7. The van der Waals surface area contributed by atoms with Crippen molar-refractivity contribution in [2.24, 2.45) is 13.0 Å². The molecule has 5 fully saturated rings. The van der Waals surface area contributed by atoms with E-state index in [4.69, 9.17) is 24.2 Å². The highest BCUT2D eigenvalue weighted by Crippen LogP contribution is 2.49. The van der Waals surface area contributed by atoms with Crippen LogP contribution in [0.25, 0.3) is 44.2 Å². The van der Waals surface area contributed by atoms with Gasteiger partial charge in [-0.3, -0.25) is 29.1 Å². The fraction of sp³-hybridized carbons (Fsp3) is 0.500. The number of carbonyl (C=O) groups excluding carboxylic acids is 2. The molecule has 5 aliphatic heterocycles. The number of phenols is 1. The smallest absolute Gasteiger partial charge is 0.319 e. The highest BCUT2D eigenvalue weighted by molar-refractivity contribution is 6.06. The molecule has 3 N–H and O–H groups in total. The zero-order valence-corrected chi connectivity index (χ0v) is 47.2. The van der Waals surface area contributed by atoms with E-state index in [1.807, 2.05) is 93.3 Å². The number of hydrogen-bond acceptors (Lipinski definition) is 15. The van der Waals surface area contributed by atoms with Crippen molar-refractivity contribution in [3.8, 4) is 34.3 Å². The Morgan fingerprint density at radius 2 is 1.69 bits per heavy atom. The highest BCUT2D eigenvalue weighted by Gasteiger charge is 2.42. The predicted molar refractivity (Wildman–Crippen MR) is 309 cm³/mol. The number of amides is 2. The first kappa shape index (κ1) is 53.1. The minimum absolute atomic E-state index is 0.00373. The fourth-order valence-electron chi connectivity index (χ4n) is 14.0. The van der Waals surface area contributed by atoms with E-state index < -0.39 is 17.6 Å². The lowest BCUT2D eigenvalue weighted by molar-refractivity contribution is -0.141. The van der Waals surface area contributed by atoms with Crippen LogP contribution in [0.5, 0.6) is 11.8 Å². The summed E-state index contributed by atoms with van der Waals surface area (Å²) in [7, 11) is 1.91. The van der Waals surface area contributed by atoms with Crippen molar-refractivity contribution >= 4 is 45.1 Å². The van der Waals surface area contributed by atoms with Crippen LogP contribution in [-0.4, -0.2) is 164 Å². The van der Waals surface area contributed by atoms with E-state index in [1.165, 1.54) is 5.56 Å². The Balaban J connectivity index is 0.608. The first-order chi connectivity index (χ1) is 39.2. The van der Waals surface area contributed by atoms with Crippen molar-refractivity contribution in [1.82, 2.24) is 55.2 Å². The summed E-state index contributed by atoms with van der Waals surface area (Å²) in [5.74, 6) is 1.23. The number of nitrogens with zero attached hydrogens (tertiary/aromatic N) is 11. The molecule has 5 saturated heterocycles. The van der Waals surface area contributed by atoms with Gasteiger partial charge < -0.3 is 39.7 Å². The number of aromatic nitrogens is 6. The summed E-state index contributed by atoms with van der Waals surface area (Å²) < 4.78 is 31.0. The van der Waals surface area contributed by atoms with E-state index in [1.54, 1.807) is 11.1 Å². The average molecular weight is 1100 g/mol. The number of ether oxygens (including phenoxy) is 1. The minimum atomic E-state index is -1.30. The number of nitrogens with one attached hydrogen (secondary N) is 2. The molecule has 424 valence electrons. The van der Waals surface area contributed by atoms with E-state index in [0.29, 0.717) is 114 Å². The number of pyridine rings is 1. The van der Waals surface area contributed by atoms with Crippen molar-refractivity contribution in [3.05, 3.63) is 102 Å². The monoisotopic (exact) mass is 1100 g/mol. The summed E-state index contributed by atoms with van der Waals surface area (Å²) in [6.45, 7) is 15.7. The van der Waals surface area contributed by atoms with Gasteiger partial charge in [-0.05, 0) is 97.0 Å². The van der Waals surface area contributed by atoms with Gasteiger partial charge in [-0.25, -0.2) is 4.39 Å². The molecule has 7 aromatic rings. The Morgan fingerprint density at radius 3 is 2.43 bits per heavy atom. The molecule has 4 aromatic heterocycles. The normalized spacial score (nSPS) is 22.6. The molecular formula is C62H74FN13O5. The molecule has 0 radical (unpaired) electrons. The quantitative estimate of drug-likeness (QED) is 0.0897. The summed E-state index contributed by atoms with van der Waals surface area (Å²) in [6.07, 6.45) is 8.18. The van der Waals surface area contributed by atoms with Crippen LogP contribution >= 0.6 is 0 Å². The molecule has 2 bridgehead atoms. The van der Waals surface area contributed by atoms with Gasteiger partial charge in [0.2, 0.25) is 11.8 Å². The maximum absolute atomic E-state index is 16.7. The van der Waals surface area contributed by atoms with Crippen LogP contribution in [0.3, 0.4) is 0 Å². The third-order valence-corrected chi connectivity index (χ3v) is 18.5. The molecule has 3 unspecified atom stereocenters. The largest absolute Gasteiger partial charge is 0.508 e. The van der Waals surface area contributed by atoms with E-state index in [9.17, 15) is 14.7 Å². The summed E-state index contributed by atoms with van der Waals surface area (Å²) in [4.78, 5) is 54.4. The van der Waals surface area contributed by atoms with Gasteiger partial charge in [0.1, 0.15) is 35.8 Å². The average Bonchev–Trinajstić information content (AvgIpc) is 4.41. The topological polar surface area (TPSA) is 186 Å². The molecule has 2 amide bonds. The van der Waals surface area contributed by atoms with E-state index in [0.717, 1.165) is 93.5 Å². The van der Waals surface area contributed by atoms with Crippen molar-refractivity contribution < 1.29 is 28.3 Å². The van der Waals surface area contributed by atoms with Crippen molar-refractivity contribution in [2.75, 3.05) is 88.4 Å². The third-order valence-electron chi connectivity index (χ3n) is 18.5. The van der Waals surface area contributed by atoms with Crippen LogP contribution in [0.15, 0.2) is 83.6 Å². The number of piperazine rings is 2. The Bertz CT molecular complexity index is 3470. The van der Waals surface area contributed by atoms with Crippen LogP contribution in [-0.2, 0) is 16.6 Å². The summed E-state index contributed by atoms with van der Waals surface area (Å²) in [6, 6.07) is 22.2. The fourth-order valence-corrected chi connectivity index (χ4v) is 14.0. The highest BCUT2D eigenvalue weighted by atomic mass is 19.1. The Hall–Kier alpha value is -7.22. The lowest BCUT2D eigenvalue weighted by Gasteiger charge is -2.41. The number of piperidine rings is 1. The molecule has 6 aliphatic rings. The lowest BCUT2D eigenvalue weighted by Crippen LogP contribution is -2.53. The van der Waals surface area contributed by atoms with Gasteiger partial charge >= 0.3 is 6.01 Å². The number of hydrogen-bond donors (Lipinski definition) is 3. The molecule has 0 saturated carbocycles. The molecule has 19 heteroatoms. The van der Waals surface area contributed by atoms with Crippen LogP contribution in [0.1, 0.15) is 107 Å². The number of benzene rings is 3. The second-order valence-corrected chi connectivity index (χ2v) is 24.1. The Kier molecular flexibility index (Phi) is 14.2. The summed E-state index contributed by atoms with van der Waals surface area (Å²) >= 11 is 0. The first-order valence-electron chi connectivity index (χ1n) is 29.4. The molecule has 9 heterocycles. The standard InChI is InChI=1S/C62H74FN13O5/c1-37(2)53(60(79)76-21-7-10-50(76)59(78)66-39(4)40-11-13-41(14-12-40)49-17-20-65-71(49)5)51-32-52(70-81-51)74-26-24-73(25-27-74)36-62(63)18-22-72(23-19-62)28-29-80-61-68-57-48(58(69-61)75-34-43-15-16-44(35-75)67-43)33-64-56-47-31-45(77)30-42-8-6-9-46(55(42)47)38(3)54(56)57/h6,8-9,11-14,17,20,30-33,37-39,43-44,50,53,67,77H,7,10,15-16,18-19,21-29,34-36H2,1-5H3,(H,66,78)/t38?,39-,43?,44?,50-,53-/m0/s1. The summed E-state index contributed by atoms with van der Waals surface area (Å²) in [5.41, 5.74) is 6.48. The SMILES string of the molecule is CC1c2c(ncc3c(N4CC5CCC(C4)N5)nc(OCCN4CCC(F)(CN5CCN(c6cc([C@@H](C(=O)N7CCC[C@H]7C(=O)N[C@@H](C)c7ccc(-c8ccnn8C)cc7)C(C)C)on6)CC5)CC4)nc23)-c2cc(O)cc3cccc1c23. The van der Waals surface area contributed by atoms with Crippen molar-refractivity contribution in [2.45, 2.75) is 108 Å². The van der Waals surface area contributed by atoms with Gasteiger partial charge in [-0.15, -0.1) is 0 Å². The minimum Gasteiger partial charge on any atom is -0.508 e. The molecule has 18 nitrogen and oxygen atoms in total. The van der Waals surface area contributed by atoms with Gasteiger partial charge in [-0.2, -0.15) is 15.1 Å². The second-order valence-electron chi connectivity index (χ2n) is 24.1. The number of rotatable bonds is 15. The van der Waals surface area contributed by atoms with Crippen LogP contribution in [0, 0.1) is 5.92 Å². The number of aromatic hydroxyl groups is 1. The van der Waals surface area contributed by atoms with Gasteiger partial charge in [0.05, 0.1) is 28.3 Å². The number of phenolic OH excluding ortho intramolecular Hbond substituents is 1. The van der Waals surface area contributed by atoms with Gasteiger partial charge in [0, 0.05) is 127 Å². The number of fused-ring (bicyclic) bond motifs is 6. The van der Waals surface area contributed by atoms with Gasteiger partial charge in [-0.1, -0.05) is 68.4 Å². The molecule has 6 atom stereocenters. The predicted octanol–water partition coefficient (Wildman–Crippen LogP) is 7.96. The first-order valence-corrected chi connectivity index (χ1v) is 29.4. The van der Waals surface area contributed by atoms with Crippen molar-refractivity contribution in [1.29, 1.82) is 0 Å². The number of likely N-dealkylation sites (tertiary alicyclic amines) is 2. The van der Waals surface area contributed by atoms with Crippen LogP contribution < -0.4 is 25.2 Å². The number of alkyl halides is 1. The van der Waals surface area contributed by atoms with Gasteiger partial charge in [0.15, 0.2) is 11.6 Å². The maximum Gasteiger partial charge on any atom is 0.319 e. The number of carbonyl (C=O) groups is 2. The summed E-state index contributed by atoms with van der Waals surface area (Å²) in [5, 5.41) is 29.5. The zero-order chi connectivity index (χ0) is 55.7. The number of halogens is 1. The Morgan fingerprint density at radius 1 is 0.914 bits per heavy atom. The molecule has 3 aromatic carbocycles. The van der Waals surface area contributed by atoms with Crippen LogP contribution in [0.4, 0.5) is 16.0 Å². The Labute approximate surface area is 472 Å². The third kappa shape index (κ3) is 10.2. The van der Waals surface area contributed by atoms with E-state index in [2.05, 4.69) is 59.5 Å². The van der Waals surface area contributed by atoms with Gasteiger partial charge in [0.25, 0.3) is 0 Å². The second kappa shape index (κ2) is 21.6. The van der Waals surface area contributed by atoms with E-state index >= 15 is 4.39 Å². The molecule has 13 rings (SSSR count). The number of aryl methyl sites for hydroxylation is 1.